The largest absolute Gasteiger partial charge is 0.545 e. The molecule has 0 heterocycles. The van der Waals surface area contributed by atoms with E-state index in [-0.39, 0.29) is 10.5 Å². The minimum atomic E-state index is -3.65. The van der Waals surface area contributed by atoms with Crippen LogP contribution in [-0.4, -0.2) is 21.4 Å². The van der Waals surface area contributed by atoms with E-state index in [4.69, 9.17) is 0 Å². The third-order valence-corrected chi connectivity index (χ3v) is 4.67. The molecule has 0 aliphatic carbocycles. The molecule has 6 heteroatoms. The summed E-state index contributed by atoms with van der Waals surface area (Å²) in [5, 5.41) is 10.7. The van der Waals surface area contributed by atoms with Crippen molar-refractivity contribution in [2.24, 2.45) is 0 Å². The normalized spacial score (nSPS) is 11.1. The van der Waals surface area contributed by atoms with Crippen molar-refractivity contribution in [3.8, 4) is 0 Å². The number of sulfonamides is 1. The molecule has 5 nitrogen and oxygen atoms in total. The van der Waals surface area contributed by atoms with Gasteiger partial charge >= 0.3 is 0 Å². The van der Waals surface area contributed by atoms with Crippen LogP contribution in [0.15, 0.2) is 59.5 Å². The molecule has 0 fully saturated rings. The molecule has 2 aromatic carbocycles. The lowest BCUT2D eigenvalue weighted by molar-refractivity contribution is -0.255. The predicted molar refractivity (Wildman–Crippen MR) is 72.8 cm³/mol. The van der Waals surface area contributed by atoms with Crippen LogP contribution in [-0.2, 0) is 10.0 Å². The molecular weight excluding hydrogens is 278 g/mol. The summed E-state index contributed by atoms with van der Waals surface area (Å²) < 4.78 is 25.8. The molecule has 0 amide bonds. The molecule has 0 N–H and O–H groups in total. The monoisotopic (exact) mass is 290 g/mol. The van der Waals surface area contributed by atoms with E-state index in [1.165, 1.54) is 43.4 Å². The zero-order valence-corrected chi connectivity index (χ0v) is 11.5. The highest BCUT2D eigenvalue weighted by molar-refractivity contribution is 7.92. The number of rotatable bonds is 4. The molecule has 104 valence electrons. The fraction of sp³-hybridized carbons (Fsp3) is 0.0714. The summed E-state index contributed by atoms with van der Waals surface area (Å²) in [6.07, 6.45) is 0. The molecule has 0 atom stereocenters. The molecule has 0 aliphatic rings. The van der Waals surface area contributed by atoms with Crippen molar-refractivity contribution in [1.82, 2.24) is 0 Å². The van der Waals surface area contributed by atoms with Crippen molar-refractivity contribution >= 4 is 21.7 Å². The zero-order chi connectivity index (χ0) is 14.8. The molecule has 0 radical (unpaired) electrons. The zero-order valence-electron chi connectivity index (χ0n) is 10.7. The maximum atomic E-state index is 12.3. The number of hydrogen-bond acceptors (Lipinski definition) is 4. The van der Waals surface area contributed by atoms with E-state index in [0.717, 1.165) is 4.31 Å². The van der Waals surface area contributed by atoms with Gasteiger partial charge in [0.2, 0.25) is 0 Å². The van der Waals surface area contributed by atoms with E-state index in [1.807, 2.05) is 0 Å². The Bertz CT molecular complexity index is 709. The third kappa shape index (κ3) is 2.65. The lowest BCUT2D eigenvalue weighted by Crippen LogP contribution is -2.27. The van der Waals surface area contributed by atoms with Gasteiger partial charge in [0.25, 0.3) is 10.0 Å². The van der Waals surface area contributed by atoms with Crippen molar-refractivity contribution in [1.29, 1.82) is 0 Å². The molecule has 0 unspecified atom stereocenters. The highest BCUT2D eigenvalue weighted by atomic mass is 32.2. The molecule has 0 spiro atoms. The maximum Gasteiger partial charge on any atom is 0.264 e. The fourth-order valence-corrected chi connectivity index (χ4v) is 2.91. The Kier molecular flexibility index (Phi) is 3.76. The molecule has 0 saturated heterocycles. The summed E-state index contributed by atoms with van der Waals surface area (Å²) >= 11 is 0. The standard InChI is InChI=1S/C14H13NO4S/c1-15(12-9-7-11(8-10-12)14(16)17)20(18,19)13-5-3-2-4-6-13/h2-10H,1H3,(H,16,17)/p-1. The highest BCUT2D eigenvalue weighted by Gasteiger charge is 2.20. The number of carbonyl (C=O) groups is 1. The first-order chi connectivity index (χ1) is 9.43. The Morgan fingerprint density at radius 1 is 1.00 bits per heavy atom. The van der Waals surface area contributed by atoms with Gasteiger partial charge < -0.3 is 9.90 Å². The van der Waals surface area contributed by atoms with Crippen molar-refractivity contribution in [2.75, 3.05) is 11.4 Å². The first kappa shape index (κ1) is 14.1. The van der Waals surface area contributed by atoms with Crippen LogP contribution in [0, 0.1) is 0 Å². The van der Waals surface area contributed by atoms with Crippen LogP contribution in [0.2, 0.25) is 0 Å². The van der Waals surface area contributed by atoms with Gasteiger partial charge in [0.1, 0.15) is 0 Å². The number of hydrogen-bond donors (Lipinski definition) is 0. The van der Waals surface area contributed by atoms with Crippen molar-refractivity contribution in [2.45, 2.75) is 4.90 Å². The van der Waals surface area contributed by atoms with Crippen LogP contribution >= 0.6 is 0 Å². The van der Waals surface area contributed by atoms with Crippen molar-refractivity contribution in [3.05, 3.63) is 60.2 Å². The van der Waals surface area contributed by atoms with Crippen molar-refractivity contribution in [3.63, 3.8) is 0 Å². The summed E-state index contributed by atoms with van der Waals surface area (Å²) in [5.74, 6) is -1.30. The summed E-state index contributed by atoms with van der Waals surface area (Å²) in [6.45, 7) is 0. The minimum Gasteiger partial charge on any atom is -0.545 e. The van der Waals surface area contributed by atoms with E-state index < -0.39 is 16.0 Å². The lowest BCUT2D eigenvalue weighted by Gasteiger charge is -2.19. The molecule has 0 bridgehead atoms. The average molecular weight is 290 g/mol. The van der Waals surface area contributed by atoms with Crippen molar-refractivity contribution < 1.29 is 18.3 Å². The summed E-state index contributed by atoms with van der Waals surface area (Å²) in [7, 11) is -2.24. The maximum absolute atomic E-state index is 12.3. The van der Waals surface area contributed by atoms with Crippen LogP contribution in [0.5, 0.6) is 0 Å². The van der Waals surface area contributed by atoms with E-state index in [2.05, 4.69) is 0 Å². The number of nitrogens with zero attached hydrogens (tertiary/aromatic N) is 1. The quantitative estimate of drug-likeness (QED) is 0.837. The van der Waals surface area contributed by atoms with Gasteiger partial charge in [0, 0.05) is 7.05 Å². The lowest BCUT2D eigenvalue weighted by atomic mass is 10.2. The molecule has 2 aromatic rings. The average Bonchev–Trinajstić information content (AvgIpc) is 2.47. The summed E-state index contributed by atoms with van der Waals surface area (Å²) in [4.78, 5) is 10.8. The Hall–Kier alpha value is -2.34. The van der Waals surface area contributed by atoms with Crippen LogP contribution in [0.4, 0.5) is 5.69 Å². The number of anilines is 1. The molecule has 0 aliphatic heterocycles. The predicted octanol–water partition coefficient (Wildman–Crippen LogP) is 0.875. The second kappa shape index (κ2) is 5.34. The summed E-state index contributed by atoms with van der Waals surface area (Å²) in [5.41, 5.74) is 0.373. The molecular formula is C14H12NO4S-. The molecule has 2 rings (SSSR count). The van der Waals surface area contributed by atoms with Gasteiger partial charge in [-0.3, -0.25) is 4.31 Å². The first-order valence-electron chi connectivity index (χ1n) is 5.78. The van der Waals surface area contributed by atoms with Gasteiger partial charge in [-0.2, -0.15) is 0 Å². The molecule has 20 heavy (non-hydrogen) atoms. The first-order valence-corrected chi connectivity index (χ1v) is 7.22. The highest BCUT2D eigenvalue weighted by Crippen LogP contribution is 2.21. The smallest absolute Gasteiger partial charge is 0.264 e. The number of benzene rings is 2. The van der Waals surface area contributed by atoms with Gasteiger partial charge in [-0.1, -0.05) is 30.3 Å². The Morgan fingerprint density at radius 2 is 1.55 bits per heavy atom. The number of carbonyl (C=O) groups excluding carboxylic acids is 1. The SMILES string of the molecule is CN(c1ccc(C(=O)[O-])cc1)S(=O)(=O)c1ccccc1. The van der Waals surface area contributed by atoms with E-state index in [9.17, 15) is 18.3 Å². The van der Waals surface area contributed by atoms with Crippen LogP contribution < -0.4 is 9.41 Å². The van der Waals surface area contributed by atoms with Gasteiger partial charge in [-0.25, -0.2) is 8.42 Å². The Morgan fingerprint density at radius 3 is 2.05 bits per heavy atom. The second-order valence-corrected chi connectivity index (χ2v) is 6.09. The number of aromatic carboxylic acids is 1. The number of carboxylic acid groups (broad SMARTS) is 1. The van der Waals surface area contributed by atoms with Crippen LogP contribution in [0.3, 0.4) is 0 Å². The van der Waals surface area contributed by atoms with E-state index >= 15 is 0 Å². The van der Waals surface area contributed by atoms with E-state index in [0.29, 0.717) is 5.69 Å². The van der Waals surface area contributed by atoms with Gasteiger partial charge in [0.05, 0.1) is 16.6 Å². The number of carboxylic acids is 1. The fourth-order valence-electron chi connectivity index (χ4n) is 1.70. The van der Waals surface area contributed by atoms with Gasteiger partial charge in [-0.05, 0) is 29.8 Å². The topological polar surface area (TPSA) is 77.5 Å². The second-order valence-electron chi connectivity index (χ2n) is 4.12. The summed E-state index contributed by atoms with van der Waals surface area (Å²) in [6, 6.07) is 13.5. The molecule has 0 saturated carbocycles. The van der Waals surface area contributed by atoms with Gasteiger partial charge in [0.15, 0.2) is 0 Å². The van der Waals surface area contributed by atoms with E-state index in [1.54, 1.807) is 18.2 Å². The Labute approximate surface area is 117 Å². The Balaban J connectivity index is 2.36. The third-order valence-electron chi connectivity index (χ3n) is 2.87. The molecule has 0 aromatic heterocycles. The minimum absolute atomic E-state index is 0.000686. The van der Waals surface area contributed by atoms with Gasteiger partial charge in [-0.15, -0.1) is 0 Å². The van der Waals surface area contributed by atoms with Crippen LogP contribution in [0.25, 0.3) is 0 Å². The van der Waals surface area contributed by atoms with Crippen LogP contribution in [0.1, 0.15) is 10.4 Å².